The average molecular weight is 355 g/mol. The minimum absolute atomic E-state index is 0.377. The Labute approximate surface area is 147 Å². The Morgan fingerprint density at radius 3 is 2.46 bits per heavy atom. The molecule has 0 spiro atoms. The molecule has 2 aromatic carbocycles. The summed E-state index contributed by atoms with van der Waals surface area (Å²) in [5.41, 5.74) is 2.86. The van der Waals surface area contributed by atoms with Crippen LogP contribution in [0.4, 0.5) is 15.6 Å². The summed E-state index contributed by atoms with van der Waals surface area (Å²) in [5.74, 6) is 0. The van der Waals surface area contributed by atoms with Crippen LogP contribution in [0.1, 0.15) is 5.56 Å². The second-order valence-corrected chi connectivity index (χ2v) is 6.11. The fourth-order valence-corrected chi connectivity index (χ4v) is 2.81. The van der Waals surface area contributed by atoms with E-state index in [4.69, 9.17) is 16.9 Å². The molecule has 1 aromatic heterocycles. The number of carbonyl (C=O) groups is 1. The Balaban J connectivity index is 1.65. The summed E-state index contributed by atoms with van der Waals surface area (Å²) in [5, 5.41) is 17.1. The molecule has 0 aliphatic heterocycles. The van der Waals surface area contributed by atoms with Gasteiger partial charge in [-0.05, 0) is 36.4 Å². The number of nitrogens with one attached hydrogen (secondary N) is 2. The van der Waals surface area contributed by atoms with Gasteiger partial charge in [-0.2, -0.15) is 5.26 Å². The van der Waals surface area contributed by atoms with Crippen LogP contribution in [0.2, 0.25) is 5.02 Å². The molecule has 0 bridgehead atoms. The van der Waals surface area contributed by atoms with Crippen molar-refractivity contribution in [2.45, 2.75) is 0 Å². The molecule has 3 aromatic rings. The van der Waals surface area contributed by atoms with Gasteiger partial charge in [-0.15, -0.1) is 11.3 Å². The van der Waals surface area contributed by atoms with Gasteiger partial charge in [0, 0.05) is 21.7 Å². The van der Waals surface area contributed by atoms with Gasteiger partial charge in [0.25, 0.3) is 0 Å². The van der Waals surface area contributed by atoms with Crippen LogP contribution in [0.5, 0.6) is 0 Å². The minimum Gasteiger partial charge on any atom is -0.308 e. The van der Waals surface area contributed by atoms with E-state index in [1.807, 2.05) is 17.5 Å². The first-order chi connectivity index (χ1) is 11.6. The lowest BCUT2D eigenvalue weighted by atomic mass is 10.1. The molecule has 118 valence electrons. The molecule has 2 amide bonds. The van der Waals surface area contributed by atoms with Gasteiger partial charge in [0.2, 0.25) is 0 Å². The molecular weight excluding hydrogens is 344 g/mol. The van der Waals surface area contributed by atoms with Crippen LogP contribution in [0.15, 0.2) is 53.9 Å². The smallest absolute Gasteiger partial charge is 0.308 e. The van der Waals surface area contributed by atoms with Crippen molar-refractivity contribution in [2.75, 3.05) is 10.6 Å². The van der Waals surface area contributed by atoms with Crippen LogP contribution < -0.4 is 10.6 Å². The van der Waals surface area contributed by atoms with E-state index >= 15 is 0 Å². The number of urea groups is 1. The van der Waals surface area contributed by atoms with Gasteiger partial charge in [0.05, 0.1) is 17.3 Å². The van der Waals surface area contributed by atoms with Crippen LogP contribution >= 0.6 is 22.9 Å². The lowest BCUT2D eigenvalue weighted by Crippen LogP contribution is -2.19. The first-order valence-corrected chi connectivity index (χ1v) is 8.19. The number of hydrogen-bond donors (Lipinski definition) is 2. The third kappa shape index (κ3) is 3.90. The molecule has 2 N–H and O–H groups in total. The van der Waals surface area contributed by atoms with Crippen molar-refractivity contribution in [2.24, 2.45) is 0 Å². The maximum absolute atomic E-state index is 12.0. The van der Waals surface area contributed by atoms with Crippen LogP contribution in [-0.4, -0.2) is 11.0 Å². The van der Waals surface area contributed by atoms with Crippen LogP contribution in [0, 0.1) is 11.3 Å². The number of thiazole rings is 1. The standard InChI is InChI=1S/C17H11ClN4OS/c18-13-5-7-14(8-6-13)20-16(23)22-17-21-15(10-24-17)12-3-1-11(9-19)2-4-12/h1-8,10H,(H2,20,21,22,23). The Morgan fingerprint density at radius 2 is 1.79 bits per heavy atom. The summed E-state index contributed by atoms with van der Waals surface area (Å²) < 4.78 is 0. The van der Waals surface area contributed by atoms with Crippen molar-refractivity contribution in [1.29, 1.82) is 5.26 Å². The number of hydrogen-bond acceptors (Lipinski definition) is 4. The van der Waals surface area contributed by atoms with Gasteiger partial charge in [-0.25, -0.2) is 9.78 Å². The average Bonchev–Trinajstić information content (AvgIpc) is 3.05. The SMILES string of the molecule is N#Cc1ccc(-c2csc(NC(=O)Nc3ccc(Cl)cc3)n2)cc1. The summed E-state index contributed by atoms with van der Waals surface area (Å²) in [6.07, 6.45) is 0. The summed E-state index contributed by atoms with van der Waals surface area (Å²) in [4.78, 5) is 16.3. The fourth-order valence-electron chi connectivity index (χ4n) is 1.97. The van der Waals surface area contributed by atoms with Gasteiger partial charge >= 0.3 is 6.03 Å². The molecule has 0 saturated heterocycles. The number of amides is 2. The predicted octanol–water partition coefficient (Wildman–Crippen LogP) is 4.98. The topological polar surface area (TPSA) is 77.8 Å². The van der Waals surface area contributed by atoms with Crippen molar-refractivity contribution in [3.63, 3.8) is 0 Å². The van der Waals surface area contributed by atoms with E-state index < -0.39 is 0 Å². The van der Waals surface area contributed by atoms with Crippen molar-refractivity contribution >= 4 is 39.8 Å². The summed E-state index contributed by atoms with van der Waals surface area (Å²) in [7, 11) is 0. The molecule has 0 saturated carbocycles. The predicted molar refractivity (Wildman–Crippen MR) is 96.4 cm³/mol. The molecule has 0 aliphatic carbocycles. The Hall–Kier alpha value is -2.88. The quantitative estimate of drug-likeness (QED) is 0.696. The highest BCUT2D eigenvalue weighted by molar-refractivity contribution is 7.14. The number of benzene rings is 2. The Bertz CT molecular complexity index is 898. The molecular formula is C17H11ClN4OS. The Kier molecular flexibility index (Phi) is 4.75. The molecule has 5 nitrogen and oxygen atoms in total. The molecule has 0 atom stereocenters. The minimum atomic E-state index is -0.377. The third-order valence-corrected chi connectivity index (χ3v) is 4.15. The van der Waals surface area contributed by atoms with Crippen LogP contribution in [-0.2, 0) is 0 Å². The first kappa shape index (κ1) is 16.0. The lowest BCUT2D eigenvalue weighted by Gasteiger charge is -2.05. The molecule has 0 aliphatic rings. The zero-order chi connectivity index (χ0) is 16.9. The van der Waals surface area contributed by atoms with Gasteiger partial charge < -0.3 is 5.32 Å². The van der Waals surface area contributed by atoms with Crippen LogP contribution in [0.3, 0.4) is 0 Å². The number of carbonyl (C=O) groups excluding carboxylic acids is 1. The van der Waals surface area contributed by atoms with Crippen molar-refractivity contribution in [1.82, 2.24) is 4.98 Å². The molecule has 0 unspecified atom stereocenters. The van der Waals surface area contributed by atoms with Gasteiger partial charge in [0.1, 0.15) is 0 Å². The van der Waals surface area contributed by atoms with E-state index in [2.05, 4.69) is 21.7 Å². The van der Waals surface area contributed by atoms with E-state index in [0.717, 1.165) is 11.3 Å². The molecule has 0 radical (unpaired) electrons. The second kappa shape index (κ2) is 7.13. The second-order valence-electron chi connectivity index (χ2n) is 4.81. The molecule has 24 heavy (non-hydrogen) atoms. The number of aromatic nitrogens is 1. The monoisotopic (exact) mass is 354 g/mol. The fraction of sp³-hybridized carbons (Fsp3) is 0. The summed E-state index contributed by atoms with van der Waals surface area (Å²) in [6.45, 7) is 0. The number of anilines is 2. The van der Waals surface area contributed by atoms with E-state index in [1.165, 1.54) is 11.3 Å². The number of rotatable bonds is 3. The van der Waals surface area contributed by atoms with Crippen molar-refractivity contribution in [3.8, 4) is 17.3 Å². The zero-order valence-corrected chi connectivity index (χ0v) is 13.9. The highest BCUT2D eigenvalue weighted by Gasteiger charge is 2.08. The van der Waals surface area contributed by atoms with Crippen LogP contribution in [0.25, 0.3) is 11.3 Å². The normalized spacial score (nSPS) is 10.0. The molecule has 1 heterocycles. The molecule has 0 fully saturated rings. The largest absolute Gasteiger partial charge is 0.325 e. The highest BCUT2D eigenvalue weighted by Crippen LogP contribution is 2.25. The maximum atomic E-state index is 12.0. The number of halogens is 1. The maximum Gasteiger partial charge on any atom is 0.325 e. The van der Waals surface area contributed by atoms with Crippen molar-refractivity contribution < 1.29 is 4.79 Å². The lowest BCUT2D eigenvalue weighted by molar-refractivity contribution is 0.262. The summed E-state index contributed by atoms with van der Waals surface area (Å²) >= 11 is 7.13. The third-order valence-electron chi connectivity index (χ3n) is 3.14. The van der Waals surface area contributed by atoms with E-state index in [9.17, 15) is 4.79 Å². The highest BCUT2D eigenvalue weighted by atomic mass is 35.5. The van der Waals surface area contributed by atoms with E-state index in [-0.39, 0.29) is 6.03 Å². The van der Waals surface area contributed by atoms with Gasteiger partial charge in [-0.1, -0.05) is 23.7 Å². The number of nitrogens with zero attached hydrogens (tertiary/aromatic N) is 2. The first-order valence-electron chi connectivity index (χ1n) is 6.94. The Morgan fingerprint density at radius 1 is 1.08 bits per heavy atom. The van der Waals surface area contributed by atoms with E-state index in [1.54, 1.807) is 36.4 Å². The molecule has 3 rings (SSSR count). The molecule has 7 heteroatoms. The zero-order valence-electron chi connectivity index (χ0n) is 12.3. The summed E-state index contributed by atoms with van der Waals surface area (Å²) in [6, 6.07) is 15.6. The van der Waals surface area contributed by atoms with Gasteiger partial charge in [0.15, 0.2) is 5.13 Å². The number of nitriles is 1. The van der Waals surface area contributed by atoms with E-state index in [0.29, 0.717) is 21.4 Å². The van der Waals surface area contributed by atoms with Crippen molar-refractivity contribution in [3.05, 3.63) is 64.5 Å². The van der Waals surface area contributed by atoms with Gasteiger partial charge in [-0.3, -0.25) is 5.32 Å².